The highest BCUT2D eigenvalue weighted by molar-refractivity contribution is 8.13. The highest BCUT2D eigenvalue weighted by Gasteiger charge is 2.30. The number of nitrogens with zero attached hydrogens (tertiary/aromatic N) is 1. The molecule has 0 saturated carbocycles. The van der Waals surface area contributed by atoms with Crippen LogP contribution in [0.15, 0.2) is 4.99 Å². The van der Waals surface area contributed by atoms with Crippen molar-refractivity contribution >= 4 is 16.9 Å². The van der Waals surface area contributed by atoms with Crippen LogP contribution in [-0.4, -0.2) is 37.2 Å². The van der Waals surface area contributed by atoms with Gasteiger partial charge in [0.1, 0.15) is 0 Å². The van der Waals surface area contributed by atoms with Crippen LogP contribution in [0.4, 0.5) is 0 Å². The van der Waals surface area contributed by atoms with E-state index >= 15 is 0 Å². The second kappa shape index (κ2) is 7.39. The number of methoxy groups -OCH3 is 1. The number of aliphatic imine (C=N–C) groups is 1. The van der Waals surface area contributed by atoms with Gasteiger partial charge in [-0.25, -0.2) is 0 Å². The Bertz CT molecular complexity index is 275. The van der Waals surface area contributed by atoms with Gasteiger partial charge in [-0.2, -0.15) is 0 Å². The molecule has 1 aliphatic heterocycles. The third kappa shape index (κ3) is 4.16. The number of amidine groups is 1. The van der Waals surface area contributed by atoms with E-state index in [9.17, 15) is 0 Å². The Hall–Kier alpha value is -0.220. The number of rotatable bonds is 6. The molecule has 1 atom stereocenters. The maximum atomic E-state index is 5.26. The van der Waals surface area contributed by atoms with Crippen LogP contribution in [0.25, 0.3) is 0 Å². The van der Waals surface area contributed by atoms with Gasteiger partial charge in [0.05, 0.1) is 12.6 Å². The summed E-state index contributed by atoms with van der Waals surface area (Å²) in [7, 11) is 1.76. The van der Waals surface area contributed by atoms with Crippen molar-refractivity contribution in [1.29, 1.82) is 0 Å². The fourth-order valence-corrected chi connectivity index (χ4v) is 3.39. The first kappa shape index (κ1) is 15.8. The summed E-state index contributed by atoms with van der Waals surface area (Å²) in [6.07, 6.45) is 2.44. The molecule has 1 rings (SSSR count). The fraction of sp³-hybridized carbons (Fsp3) is 0.929. The molecule has 0 aromatic heterocycles. The van der Waals surface area contributed by atoms with Crippen LogP contribution < -0.4 is 5.32 Å². The summed E-state index contributed by atoms with van der Waals surface area (Å²) in [5, 5.41) is 4.63. The van der Waals surface area contributed by atoms with Crippen LogP contribution in [0.2, 0.25) is 0 Å². The van der Waals surface area contributed by atoms with E-state index in [-0.39, 0.29) is 0 Å². The van der Waals surface area contributed by atoms with E-state index in [1.54, 1.807) is 7.11 Å². The van der Waals surface area contributed by atoms with Gasteiger partial charge < -0.3 is 10.1 Å². The van der Waals surface area contributed by atoms with Gasteiger partial charge in [0.25, 0.3) is 0 Å². The number of hydrogen-bond donors (Lipinski definition) is 1. The second-order valence-electron chi connectivity index (χ2n) is 5.57. The number of thioether (sulfide) groups is 1. The van der Waals surface area contributed by atoms with Crippen LogP contribution in [0.5, 0.6) is 0 Å². The molecular formula is C14H28N2OS. The summed E-state index contributed by atoms with van der Waals surface area (Å²) >= 11 is 1.87. The first-order valence-corrected chi connectivity index (χ1v) is 7.98. The van der Waals surface area contributed by atoms with Crippen molar-refractivity contribution in [2.24, 2.45) is 16.3 Å². The lowest BCUT2D eigenvalue weighted by Gasteiger charge is -2.34. The molecule has 0 fully saturated rings. The van der Waals surface area contributed by atoms with Crippen LogP contribution in [0, 0.1) is 11.3 Å². The van der Waals surface area contributed by atoms with Gasteiger partial charge in [0, 0.05) is 19.4 Å². The Morgan fingerprint density at radius 3 is 2.44 bits per heavy atom. The Balaban J connectivity index is 2.56. The first-order chi connectivity index (χ1) is 8.56. The minimum absolute atomic E-state index is 0.358. The van der Waals surface area contributed by atoms with Crippen molar-refractivity contribution in [3.63, 3.8) is 0 Å². The number of ether oxygens (including phenoxy) is 1. The van der Waals surface area contributed by atoms with Gasteiger partial charge in [-0.15, -0.1) is 0 Å². The minimum Gasteiger partial charge on any atom is -0.383 e. The molecule has 0 aromatic carbocycles. The predicted octanol–water partition coefficient (Wildman–Crippen LogP) is 3.16. The average Bonchev–Trinajstić information content (AvgIpc) is 2.39. The zero-order valence-electron chi connectivity index (χ0n) is 12.5. The van der Waals surface area contributed by atoms with Crippen LogP contribution >= 0.6 is 11.8 Å². The molecule has 0 bridgehead atoms. The summed E-state index contributed by atoms with van der Waals surface area (Å²) in [6, 6.07) is 0.358. The van der Waals surface area contributed by atoms with Crippen molar-refractivity contribution < 1.29 is 4.74 Å². The number of hydrogen-bond acceptors (Lipinski definition) is 4. The smallest absolute Gasteiger partial charge is 0.156 e. The molecular weight excluding hydrogens is 244 g/mol. The average molecular weight is 272 g/mol. The SMILES string of the molecule is CCC1(CC)CN=C(NC(COC)C(C)C)SC1. The highest BCUT2D eigenvalue weighted by Crippen LogP contribution is 2.34. The van der Waals surface area contributed by atoms with Gasteiger partial charge in [-0.3, -0.25) is 4.99 Å². The summed E-state index contributed by atoms with van der Waals surface area (Å²) in [4.78, 5) is 4.74. The number of nitrogens with one attached hydrogen (secondary N) is 1. The zero-order valence-corrected chi connectivity index (χ0v) is 13.3. The monoisotopic (exact) mass is 272 g/mol. The predicted molar refractivity (Wildman–Crippen MR) is 81.4 cm³/mol. The van der Waals surface area contributed by atoms with E-state index in [2.05, 4.69) is 33.0 Å². The summed E-state index contributed by atoms with van der Waals surface area (Å²) in [6.45, 7) is 10.7. The molecule has 0 saturated heterocycles. The van der Waals surface area contributed by atoms with Gasteiger partial charge in [0.2, 0.25) is 0 Å². The topological polar surface area (TPSA) is 33.6 Å². The molecule has 0 aromatic rings. The Labute approximate surface area is 116 Å². The molecule has 0 spiro atoms. The van der Waals surface area contributed by atoms with Crippen LogP contribution in [-0.2, 0) is 4.74 Å². The highest BCUT2D eigenvalue weighted by atomic mass is 32.2. The third-order valence-corrected chi connectivity index (χ3v) is 5.31. The zero-order chi connectivity index (χ0) is 13.6. The van der Waals surface area contributed by atoms with Gasteiger partial charge in [0.15, 0.2) is 5.17 Å². The fourth-order valence-electron chi connectivity index (χ4n) is 2.06. The molecule has 1 unspecified atom stereocenters. The molecule has 4 heteroatoms. The van der Waals surface area contributed by atoms with Crippen molar-refractivity contribution in [3.05, 3.63) is 0 Å². The Morgan fingerprint density at radius 1 is 1.39 bits per heavy atom. The Kier molecular flexibility index (Phi) is 6.50. The van der Waals surface area contributed by atoms with E-state index in [1.165, 1.54) is 18.6 Å². The lowest BCUT2D eigenvalue weighted by Crippen LogP contribution is -2.43. The van der Waals surface area contributed by atoms with Gasteiger partial charge in [-0.05, 0) is 24.2 Å². The lowest BCUT2D eigenvalue weighted by atomic mass is 9.84. The molecule has 0 aliphatic carbocycles. The summed E-state index contributed by atoms with van der Waals surface area (Å²) < 4.78 is 5.26. The van der Waals surface area contributed by atoms with E-state index in [0.717, 1.165) is 18.3 Å². The molecule has 3 nitrogen and oxygen atoms in total. The van der Waals surface area contributed by atoms with E-state index in [4.69, 9.17) is 9.73 Å². The second-order valence-corrected chi connectivity index (χ2v) is 6.53. The standard InChI is InChI=1S/C14H28N2OS/c1-6-14(7-2)9-15-13(18-10-14)16-12(8-17-5)11(3)4/h11-12H,6-10H2,1-5H3,(H,15,16). The molecule has 1 N–H and O–H groups in total. The molecule has 1 heterocycles. The van der Waals surface area contributed by atoms with Gasteiger partial charge in [-0.1, -0.05) is 39.5 Å². The molecule has 106 valence electrons. The van der Waals surface area contributed by atoms with E-state index < -0.39 is 0 Å². The van der Waals surface area contributed by atoms with Crippen molar-refractivity contribution in [1.82, 2.24) is 5.32 Å². The maximum Gasteiger partial charge on any atom is 0.156 e. The van der Waals surface area contributed by atoms with Crippen molar-refractivity contribution in [2.75, 3.05) is 26.0 Å². The molecule has 0 amide bonds. The van der Waals surface area contributed by atoms with E-state index in [1.807, 2.05) is 11.8 Å². The molecule has 1 aliphatic rings. The quantitative estimate of drug-likeness (QED) is 0.806. The minimum atomic E-state index is 0.358. The largest absolute Gasteiger partial charge is 0.383 e. The van der Waals surface area contributed by atoms with Crippen LogP contribution in [0.3, 0.4) is 0 Å². The van der Waals surface area contributed by atoms with Crippen LogP contribution in [0.1, 0.15) is 40.5 Å². The normalized spacial score (nSPS) is 20.7. The van der Waals surface area contributed by atoms with Crippen molar-refractivity contribution in [3.8, 4) is 0 Å². The van der Waals surface area contributed by atoms with E-state index in [0.29, 0.717) is 17.4 Å². The summed E-state index contributed by atoms with van der Waals surface area (Å²) in [5.74, 6) is 1.74. The summed E-state index contributed by atoms with van der Waals surface area (Å²) in [5.41, 5.74) is 0.421. The van der Waals surface area contributed by atoms with Gasteiger partial charge >= 0.3 is 0 Å². The first-order valence-electron chi connectivity index (χ1n) is 6.99. The Morgan fingerprint density at radius 2 is 2.06 bits per heavy atom. The van der Waals surface area contributed by atoms with Crippen molar-refractivity contribution in [2.45, 2.75) is 46.6 Å². The maximum absolute atomic E-state index is 5.26. The molecule has 0 radical (unpaired) electrons. The third-order valence-electron chi connectivity index (χ3n) is 4.03. The lowest BCUT2D eigenvalue weighted by molar-refractivity contribution is 0.156. The molecule has 18 heavy (non-hydrogen) atoms.